The maximum absolute atomic E-state index is 13.5. The van der Waals surface area contributed by atoms with E-state index in [1.165, 1.54) is 12.0 Å². The van der Waals surface area contributed by atoms with Crippen LogP contribution in [0.15, 0.2) is 41.0 Å². The number of benzene rings is 1. The van der Waals surface area contributed by atoms with Crippen LogP contribution in [0, 0.1) is 5.92 Å². The molecule has 2 aliphatic heterocycles. The van der Waals surface area contributed by atoms with Gasteiger partial charge in [0.1, 0.15) is 5.75 Å². The Morgan fingerprint density at radius 3 is 2.44 bits per heavy atom. The molecule has 0 radical (unpaired) electrons. The number of hydrogen-bond donors (Lipinski definition) is 1. The number of alkyl halides is 6. The normalized spacial score (nSPS) is 20.9. The van der Waals surface area contributed by atoms with Crippen LogP contribution in [0.25, 0.3) is 0 Å². The Morgan fingerprint density at radius 1 is 1.21 bits per heavy atom. The van der Waals surface area contributed by atoms with Crippen molar-refractivity contribution in [2.45, 2.75) is 49.9 Å². The number of rotatable bonds is 9. The quantitative estimate of drug-likeness (QED) is 0.346. The first kappa shape index (κ1) is 30.5. The number of carbonyl (C=O) groups is 1. The first-order valence-corrected chi connectivity index (χ1v) is 12.2. The van der Waals surface area contributed by atoms with Crippen molar-refractivity contribution in [3.05, 3.63) is 41.6 Å². The number of ether oxygens (including phenoxy) is 4. The number of methoxy groups -OCH3 is 1. The minimum Gasteiger partial charge on any atom is -0.497 e. The first-order chi connectivity index (χ1) is 18.3. The fourth-order valence-corrected chi connectivity index (χ4v) is 4.41. The van der Waals surface area contributed by atoms with Crippen LogP contribution in [0.5, 0.6) is 5.75 Å². The number of piperidine rings is 1. The van der Waals surface area contributed by atoms with Gasteiger partial charge < -0.3 is 29.6 Å². The molecule has 0 bridgehead atoms. The summed E-state index contributed by atoms with van der Waals surface area (Å²) < 4.78 is 99.5. The van der Waals surface area contributed by atoms with E-state index in [4.69, 9.17) is 24.7 Å². The van der Waals surface area contributed by atoms with Crippen molar-refractivity contribution in [1.82, 2.24) is 4.90 Å². The Balaban J connectivity index is 1.45. The molecule has 39 heavy (non-hydrogen) atoms. The van der Waals surface area contributed by atoms with Gasteiger partial charge in [0, 0.05) is 38.0 Å². The zero-order chi connectivity index (χ0) is 28.7. The summed E-state index contributed by atoms with van der Waals surface area (Å²) in [6.07, 6.45) is -10.6. The Morgan fingerprint density at radius 2 is 1.87 bits per heavy atom. The molecule has 2 heterocycles. The van der Waals surface area contributed by atoms with Gasteiger partial charge in [0.05, 0.1) is 38.1 Å². The number of nitrogens with two attached hydrogens (primary N) is 1. The molecule has 1 amide bonds. The fraction of sp³-hybridized carbons (Fsp3) is 0.600. The highest BCUT2D eigenvalue weighted by Gasteiger charge is 2.46. The van der Waals surface area contributed by atoms with Crippen molar-refractivity contribution in [2.24, 2.45) is 16.6 Å². The van der Waals surface area contributed by atoms with E-state index in [0.717, 1.165) is 0 Å². The van der Waals surface area contributed by atoms with Crippen LogP contribution < -0.4 is 10.5 Å². The predicted octanol–water partition coefficient (Wildman–Crippen LogP) is 4.63. The first-order valence-electron chi connectivity index (χ1n) is 12.2. The van der Waals surface area contributed by atoms with Gasteiger partial charge in [-0.1, -0.05) is 12.1 Å². The third-order valence-corrected chi connectivity index (χ3v) is 6.62. The maximum atomic E-state index is 13.5. The number of hydrogen-bond acceptors (Lipinski definition) is 7. The van der Waals surface area contributed by atoms with Crippen LogP contribution in [-0.4, -0.2) is 81.2 Å². The van der Waals surface area contributed by atoms with E-state index in [9.17, 15) is 31.1 Å². The highest BCUT2D eigenvalue weighted by atomic mass is 19.4. The molecule has 1 aromatic carbocycles. The molecule has 14 heteroatoms. The number of amides is 1. The number of allylic oxidation sites excluding steroid dienone is 1. The van der Waals surface area contributed by atoms with Crippen molar-refractivity contribution in [2.75, 3.05) is 40.0 Å². The molecule has 2 N–H and O–H groups in total. The van der Waals surface area contributed by atoms with Gasteiger partial charge >= 0.3 is 18.4 Å². The number of likely N-dealkylation sites (tertiary alicyclic amines) is 1. The van der Waals surface area contributed by atoms with Crippen molar-refractivity contribution >= 4 is 12.3 Å². The SMILES string of the molecule is COc1ccc(COC[C@@H](OC(=O)N2CCC3(CC2)CC(CN=CC(=CN)C(F)(F)F)CO3)C(F)(F)F)cc1. The van der Waals surface area contributed by atoms with Crippen LogP contribution in [0.2, 0.25) is 0 Å². The summed E-state index contributed by atoms with van der Waals surface area (Å²) in [5.41, 5.74) is 3.96. The average molecular weight is 568 g/mol. The average Bonchev–Trinajstić information content (AvgIpc) is 3.27. The second-order valence-electron chi connectivity index (χ2n) is 9.44. The third-order valence-electron chi connectivity index (χ3n) is 6.62. The second kappa shape index (κ2) is 12.9. The highest BCUT2D eigenvalue weighted by molar-refractivity contribution is 5.80. The predicted molar refractivity (Wildman–Crippen MR) is 128 cm³/mol. The second-order valence-corrected chi connectivity index (χ2v) is 9.44. The van der Waals surface area contributed by atoms with Gasteiger partial charge in [-0.05, 0) is 37.0 Å². The summed E-state index contributed by atoms with van der Waals surface area (Å²) in [6, 6.07) is 6.59. The van der Waals surface area contributed by atoms with Gasteiger partial charge in [-0.15, -0.1) is 0 Å². The number of nitrogens with zero attached hydrogens (tertiary/aromatic N) is 2. The Labute approximate surface area is 221 Å². The van der Waals surface area contributed by atoms with E-state index in [2.05, 4.69) is 4.99 Å². The molecule has 1 spiro atoms. The van der Waals surface area contributed by atoms with E-state index in [0.29, 0.717) is 43.0 Å². The Hall–Kier alpha value is -3.00. The molecule has 8 nitrogen and oxygen atoms in total. The molecule has 1 aromatic rings. The zero-order valence-corrected chi connectivity index (χ0v) is 21.3. The molecule has 0 aromatic heterocycles. The third kappa shape index (κ3) is 8.75. The largest absolute Gasteiger partial charge is 0.497 e. The summed E-state index contributed by atoms with van der Waals surface area (Å²) in [7, 11) is 1.49. The van der Waals surface area contributed by atoms with Gasteiger partial charge in [0.25, 0.3) is 0 Å². The van der Waals surface area contributed by atoms with E-state index in [1.807, 2.05) is 0 Å². The van der Waals surface area contributed by atoms with E-state index in [1.54, 1.807) is 24.3 Å². The number of carbonyl (C=O) groups excluding carboxylic acids is 1. The summed E-state index contributed by atoms with van der Waals surface area (Å²) in [4.78, 5) is 17.5. The van der Waals surface area contributed by atoms with Gasteiger partial charge in [0.2, 0.25) is 6.10 Å². The van der Waals surface area contributed by atoms with Crippen molar-refractivity contribution in [3.63, 3.8) is 0 Å². The Kier molecular flexibility index (Phi) is 10.1. The highest BCUT2D eigenvalue weighted by Crippen LogP contribution is 2.39. The lowest BCUT2D eigenvalue weighted by atomic mass is 9.85. The molecular weight excluding hydrogens is 536 g/mol. The topological polar surface area (TPSA) is 95.6 Å². The molecule has 2 atom stereocenters. The Bertz CT molecular complexity index is 1000. The molecule has 218 valence electrons. The number of aliphatic imine (C=N–C) groups is 1. The minimum atomic E-state index is -4.82. The van der Waals surface area contributed by atoms with Crippen molar-refractivity contribution < 1.29 is 50.1 Å². The zero-order valence-electron chi connectivity index (χ0n) is 21.3. The fourth-order valence-electron chi connectivity index (χ4n) is 4.41. The minimum absolute atomic E-state index is 0.102. The summed E-state index contributed by atoms with van der Waals surface area (Å²) >= 11 is 0. The smallest absolute Gasteiger partial charge is 0.427 e. The van der Waals surface area contributed by atoms with Crippen LogP contribution in [-0.2, 0) is 20.8 Å². The summed E-state index contributed by atoms with van der Waals surface area (Å²) in [5, 5.41) is 0. The molecule has 3 rings (SSSR count). The molecule has 0 aliphatic carbocycles. The van der Waals surface area contributed by atoms with Crippen molar-refractivity contribution in [3.8, 4) is 5.75 Å². The maximum Gasteiger partial charge on any atom is 0.427 e. The van der Waals surface area contributed by atoms with Crippen LogP contribution in [0.4, 0.5) is 31.1 Å². The van der Waals surface area contributed by atoms with Crippen molar-refractivity contribution in [1.29, 1.82) is 0 Å². The number of halogens is 6. The summed E-state index contributed by atoms with van der Waals surface area (Å²) in [6.45, 7) is -0.370. The lowest BCUT2D eigenvalue weighted by Gasteiger charge is -2.38. The van der Waals surface area contributed by atoms with Gasteiger partial charge in [-0.25, -0.2) is 4.79 Å². The standard InChI is InChI=1S/C25H31F6N3O5/c1-36-20-4-2-17(3-5-20)14-37-16-21(25(29,30)31)39-22(35)34-8-6-23(7-9-34)10-18(15-38-23)12-33-13-19(11-32)24(26,27)28/h2-5,11,13,18,21H,6-10,12,14-16,32H2,1H3/t18?,21-/m1/s1. The molecule has 2 aliphatic rings. The van der Waals surface area contributed by atoms with E-state index in [-0.39, 0.29) is 38.8 Å². The van der Waals surface area contributed by atoms with Gasteiger partial charge in [0.15, 0.2) is 0 Å². The van der Waals surface area contributed by atoms with Gasteiger partial charge in [-0.3, -0.25) is 4.99 Å². The van der Waals surface area contributed by atoms with Crippen LogP contribution in [0.3, 0.4) is 0 Å². The van der Waals surface area contributed by atoms with Crippen LogP contribution in [0.1, 0.15) is 24.8 Å². The molecule has 0 saturated carbocycles. The molecular formula is C25H31F6N3O5. The molecule has 2 saturated heterocycles. The molecule has 2 fully saturated rings. The lowest BCUT2D eigenvalue weighted by Crippen LogP contribution is -2.49. The van der Waals surface area contributed by atoms with Gasteiger partial charge in [-0.2, -0.15) is 26.3 Å². The monoisotopic (exact) mass is 567 g/mol. The van der Waals surface area contributed by atoms with E-state index >= 15 is 0 Å². The lowest BCUT2D eigenvalue weighted by molar-refractivity contribution is -0.220. The van der Waals surface area contributed by atoms with E-state index < -0.39 is 42.3 Å². The molecule has 1 unspecified atom stereocenters. The summed E-state index contributed by atoms with van der Waals surface area (Å²) in [5.74, 6) is 0.458. The van der Waals surface area contributed by atoms with Crippen LogP contribution >= 0.6 is 0 Å².